The maximum absolute atomic E-state index is 12.3. The van der Waals surface area contributed by atoms with Crippen molar-refractivity contribution in [2.24, 2.45) is 10.2 Å². The van der Waals surface area contributed by atoms with Crippen LogP contribution in [0.5, 0.6) is 17.2 Å². The van der Waals surface area contributed by atoms with E-state index in [0.717, 1.165) is 16.7 Å². The predicted octanol–water partition coefficient (Wildman–Crippen LogP) is 6.08. The van der Waals surface area contributed by atoms with Gasteiger partial charge in [0.1, 0.15) is 17.2 Å². The third-order valence-corrected chi connectivity index (χ3v) is 11.4. The molecule has 0 spiro atoms. The highest BCUT2D eigenvalue weighted by atomic mass is 32.4. The van der Waals surface area contributed by atoms with Crippen LogP contribution in [0.25, 0.3) is 0 Å². The average Bonchev–Trinajstić information content (AvgIpc) is 2.97. The quantitative estimate of drug-likeness (QED) is 0.127. The summed E-state index contributed by atoms with van der Waals surface area (Å²) in [5.41, 5.74) is 2.49. The van der Waals surface area contributed by atoms with E-state index in [2.05, 4.69) is 10.2 Å². The fourth-order valence-electron chi connectivity index (χ4n) is 3.01. The zero-order valence-corrected chi connectivity index (χ0v) is 26.9. The second-order valence-corrected chi connectivity index (χ2v) is 15.3. The molecule has 10 nitrogen and oxygen atoms in total. The summed E-state index contributed by atoms with van der Waals surface area (Å²) in [6.45, 7) is 0. The highest BCUT2D eigenvalue weighted by Gasteiger charge is 2.21. The summed E-state index contributed by atoms with van der Waals surface area (Å²) >= 11 is 11.0. The first-order chi connectivity index (χ1) is 19.1. The summed E-state index contributed by atoms with van der Waals surface area (Å²) in [5, 5.41) is 18.1. The third-order valence-electron chi connectivity index (χ3n) is 5.33. The van der Waals surface area contributed by atoms with E-state index in [-0.39, 0.29) is 11.9 Å². The third kappa shape index (κ3) is 10.1. The summed E-state index contributed by atoms with van der Waals surface area (Å²) < 4.78 is 37.3. The van der Waals surface area contributed by atoms with Gasteiger partial charge in [-0.3, -0.25) is 4.57 Å². The van der Waals surface area contributed by atoms with Gasteiger partial charge in [0.2, 0.25) is 14.1 Å². The smallest absolute Gasteiger partial charge is 0.334 e. The largest absolute Gasteiger partial charge is 0.508 e. The number of benzene rings is 3. The molecule has 40 heavy (non-hydrogen) atoms. The van der Waals surface area contributed by atoms with E-state index < -0.39 is 21.7 Å². The van der Waals surface area contributed by atoms with E-state index in [1.165, 1.54) is 14.2 Å². The summed E-state index contributed by atoms with van der Waals surface area (Å²) in [5.74, 6) is 1.43. The van der Waals surface area contributed by atoms with Crippen LogP contribution in [0, 0.1) is 0 Å². The van der Waals surface area contributed by atoms with Gasteiger partial charge in [0.05, 0.1) is 18.6 Å². The minimum Gasteiger partial charge on any atom is -0.508 e. The zero-order valence-electron chi connectivity index (χ0n) is 22.3. The minimum absolute atomic E-state index is 0.167. The Morgan fingerprint density at radius 2 is 1.18 bits per heavy atom. The van der Waals surface area contributed by atoms with Crippen LogP contribution in [0.2, 0.25) is 0 Å². The highest BCUT2D eigenvalue weighted by molar-refractivity contribution is 8.02. The van der Waals surface area contributed by atoms with Crippen LogP contribution in [0.1, 0.15) is 16.7 Å². The number of aromatic hydroxyl groups is 1. The highest BCUT2D eigenvalue weighted by Crippen LogP contribution is 2.49. The van der Waals surface area contributed by atoms with Crippen LogP contribution in [-0.4, -0.2) is 55.4 Å². The van der Waals surface area contributed by atoms with Crippen LogP contribution in [0.4, 0.5) is 0 Å². The maximum Gasteiger partial charge on any atom is 0.334 e. The van der Waals surface area contributed by atoms with Gasteiger partial charge >= 0.3 is 7.60 Å². The number of rotatable bonds is 14. The van der Waals surface area contributed by atoms with Crippen LogP contribution < -0.4 is 9.05 Å². The molecule has 0 fully saturated rings. The maximum atomic E-state index is 12.3. The Bertz CT molecular complexity index is 1400. The normalized spacial score (nSPS) is 13.3. The first-order valence-electron chi connectivity index (χ1n) is 11.8. The Balaban J connectivity index is 1.49. The Morgan fingerprint density at radius 1 is 0.775 bits per heavy atom. The number of nitrogens with zero attached hydrogens (tertiary/aromatic N) is 4. The molecule has 1 N–H and O–H groups in total. The van der Waals surface area contributed by atoms with Gasteiger partial charge in [-0.2, -0.15) is 10.2 Å². The summed E-state index contributed by atoms with van der Waals surface area (Å²) in [6, 6.07) is 21.2. The van der Waals surface area contributed by atoms with Crippen molar-refractivity contribution in [1.29, 1.82) is 0 Å². The molecular weight excluding hydrogens is 609 g/mol. The van der Waals surface area contributed by atoms with E-state index >= 15 is 0 Å². The standard InChI is InChI=1S/C25H31N4O6P3S2/c1-28(26-17-20-5-11-23(30)12-6-20)36(39)34-24-13-7-21(8-14-24)18-27-29(2)37(40)35-25-15-9-22(10-16-25)19-38(31,32-3)33-4/h5-18,30,36-37H,19H2,1-4H3/b26-17+,27-18+. The molecule has 0 aliphatic carbocycles. The molecule has 0 amide bonds. The SMILES string of the molecule is COP(=O)(Cc1ccc(O[PH](=S)N(C)/N=C/c2ccc(O[PH](=S)N(C)/N=C/c3ccc(O)cc3)cc2)cc1)OC. The molecule has 15 heteroatoms. The monoisotopic (exact) mass is 640 g/mol. The molecule has 0 heterocycles. The molecular formula is C25H31N4O6P3S2. The van der Waals surface area contributed by atoms with E-state index in [4.69, 9.17) is 41.7 Å². The molecule has 2 unspecified atom stereocenters. The molecule has 0 saturated carbocycles. The van der Waals surface area contributed by atoms with Gasteiger partial charge in [-0.15, -0.1) is 0 Å². The number of phenolic OH excluding ortho intramolecular Hbond substituents is 1. The van der Waals surface area contributed by atoms with Gasteiger partial charge in [-0.1, -0.05) is 12.1 Å². The number of hydrogen-bond donors (Lipinski definition) is 1. The van der Waals surface area contributed by atoms with Crippen molar-refractivity contribution in [2.75, 3.05) is 28.3 Å². The summed E-state index contributed by atoms with van der Waals surface area (Å²) in [4.78, 5) is 0. The lowest BCUT2D eigenvalue weighted by atomic mass is 10.2. The minimum atomic E-state index is -3.14. The lowest BCUT2D eigenvalue weighted by Gasteiger charge is -2.17. The lowest BCUT2D eigenvalue weighted by molar-refractivity contribution is 0.275. The van der Waals surface area contributed by atoms with Crippen molar-refractivity contribution in [3.63, 3.8) is 0 Å². The van der Waals surface area contributed by atoms with Gasteiger partial charge in [-0.25, -0.2) is 9.56 Å². The van der Waals surface area contributed by atoms with Gasteiger partial charge in [0.25, 0.3) is 0 Å². The van der Waals surface area contributed by atoms with Crippen LogP contribution in [0.3, 0.4) is 0 Å². The van der Waals surface area contributed by atoms with Crippen molar-refractivity contribution in [1.82, 2.24) is 9.56 Å². The molecule has 0 aliphatic heterocycles. The Hall–Kier alpha value is -2.55. The van der Waals surface area contributed by atoms with Crippen LogP contribution in [-0.2, 0) is 43.4 Å². The average molecular weight is 641 g/mol. The fraction of sp³-hybridized carbons (Fsp3) is 0.200. The second kappa shape index (κ2) is 15.5. The van der Waals surface area contributed by atoms with Crippen molar-refractivity contribution in [3.8, 4) is 17.2 Å². The second-order valence-electron chi connectivity index (χ2n) is 8.21. The van der Waals surface area contributed by atoms with Crippen LogP contribution >= 0.6 is 21.7 Å². The first-order valence-corrected chi connectivity index (χ1v) is 18.5. The molecule has 0 aromatic heterocycles. The number of phenols is 1. The molecule has 0 bridgehead atoms. The lowest BCUT2D eigenvalue weighted by Crippen LogP contribution is -2.04. The molecule has 3 aromatic rings. The molecule has 214 valence electrons. The molecule has 3 rings (SSSR count). The first kappa shape index (κ1) is 32.0. The summed E-state index contributed by atoms with van der Waals surface area (Å²) in [7, 11) is -0.558. The van der Waals surface area contributed by atoms with Crippen LogP contribution in [0.15, 0.2) is 83.0 Å². The summed E-state index contributed by atoms with van der Waals surface area (Å²) in [6.07, 6.45) is 3.52. The van der Waals surface area contributed by atoms with E-state index in [1.54, 1.807) is 84.6 Å². The van der Waals surface area contributed by atoms with Crippen molar-refractivity contribution >= 4 is 57.8 Å². The van der Waals surface area contributed by atoms with E-state index in [9.17, 15) is 9.67 Å². The van der Waals surface area contributed by atoms with Gasteiger partial charge in [-0.05, 0) is 101 Å². The molecule has 0 radical (unpaired) electrons. The zero-order chi connectivity index (χ0) is 29.1. The van der Waals surface area contributed by atoms with Gasteiger partial charge < -0.3 is 23.2 Å². The van der Waals surface area contributed by atoms with E-state index in [0.29, 0.717) is 11.5 Å². The number of hydrogen-bond acceptors (Lipinski definition) is 10. The van der Waals surface area contributed by atoms with Crippen molar-refractivity contribution < 1.29 is 27.8 Å². The molecule has 0 aliphatic rings. The molecule has 0 saturated heterocycles. The van der Waals surface area contributed by atoms with Crippen molar-refractivity contribution in [2.45, 2.75) is 6.16 Å². The topological polar surface area (TPSA) is 105 Å². The van der Waals surface area contributed by atoms with Gasteiger partial charge in [0.15, 0.2) is 0 Å². The molecule has 3 aromatic carbocycles. The fourth-order valence-corrected chi connectivity index (χ4v) is 6.18. The van der Waals surface area contributed by atoms with E-state index in [1.807, 2.05) is 24.3 Å². The Kier molecular flexibility index (Phi) is 12.3. The van der Waals surface area contributed by atoms with Gasteiger partial charge in [0, 0.05) is 28.3 Å². The van der Waals surface area contributed by atoms with Crippen molar-refractivity contribution in [3.05, 3.63) is 89.5 Å². The Labute approximate surface area is 245 Å². The predicted molar refractivity (Wildman–Crippen MR) is 170 cm³/mol. The Morgan fingerprint density at radius 3 is 1.60 bits per heavy atom. The number of hydrazone groups is 2. The molecule has 2 atom stereocenters.